The Labute approximate surface area is 185 Å². The standard InChI is InChI=1S/C25H35NO5/c1-7-12-25-16-9-10-18(27)22(25)31-21-19(29-6)11-8-15(20(21)25)13-17(16)26(5)14-30-23(28)24(2,3)4/h8-11,16-18,22,27H,7,12-14H2,1-6H3/t16-,17+,18-,22-,25-/m0/s1. The van der Waals surface area contributed by atoms with Crippen LogP contribution in [0.25, 0.3) is 0 Å². The first-order valence-corrected chi connectivity index (χ1v) is 11.3. The molecule has 6 heteroatoms. The summed E-state index contributed by atoms with van der Waals surface area (Å²) in [5, 5.41) is 10.9. The Morgan fingerprint density at radius 3 is 2.71 bits per heavy atom. The topological polar surface area (TPSA) is 68.2 Å². The number of benzene rings is 1. The van der Waals surface area contributed by atoms with Gasteiger partial charge in [-0.15, -0.1) is 0 Å². The summed E-state index contributed by atoms with van der Waals surface area (Å²) in [6, 6.07) is 4.21. The number of carbonyl (C=O) groups excluding carboxylic acids is 1. The number of ether oxygens (including phenoxy) is 3. The van der Waals surface area contributed by atoms with Gasteiger partial charge in [-0.3, -0.25) is 9.69 Å². The van der Waals surface area contributed by atoms with Gasteiger partial charge in [0.25, 0.3) is 0 Å². The van der Waals surface area contributed by atoms with Crippen molar-refractivity contribution in [3.05, 3.63) is 35.4 Å². The van der Waals surface area contributed by atoms with Crippen molar-refractivity contribution in [2.75, 3.05) is 20.9 Å². The zero-order valence-corrected chi connectivity index (χ0v) is 19.5. The number of hydrogen-bond donors (Lipinski definition) is 1. The first-order valence-electron chi connectivity index (χ1n) is 11.3. The van der Waals surface area contributed by atoms with E-state index >= 15 is 0 Å². The number of esters is 1. The lowest BCUT2D eigenvalue weighted by molar-refractivity contribution is -0.159. The zero-order chi connectivity index (χ0) is 22.6. The Bertz CT molecular complexity index is 889. The number of aliphatic hydroxyl groups excluding tert-OH is 1. The molecule has 170 valence electrons. The lowest BCUT2D eigenvalue weighted by atomic mass is 9.54. The minimum absolute atomic E-state index is 0.126. The maximum Gasteiger partial charge on any atom is 0.312 e. The molecule has 1 aliphatic heterocycles. The Morgan fingerprint density at radius 2 is 2.06 bits per heavy atom. The van der Waals surface area contributed by atoms with Crippen LogP contribution >= 0.6 is 0 Å². The second-order valence-electron chi connectivity index (χ2n) is 10.2. The number of aliphatic hydroxyl groups is 1. The van der Waals surface area contributed by atoms with E-state index in [-0.39, 0.29) is 36.2 Å². The van der Waals surface area contributed by atoms with Crippen molar-refractivity contribution in [3.8, 4) is 11.5 Å². The molecule has 6 nitrogen and oxygen atoms in total. The minimum Gasteiger partial charge on any atom is -0.493 e. The van der Waals surface area contributed by atoms with E-state index in [0.717, 1.165) is 30.8 Å². The molecule has 0 amide bonds. The molecule has 5 atom stereocenters. The van der Waals surface area contributed by atoms with E-state index in [2.05, 4.69) is 24.0 Å². The van der Waals surface area contributed by atoms with E-state index in [1.807, 2.05) is 40.0 Å². The molecule has 0 fully saturated rings. The molecule has 3 aliphatic rings. The summed E-state index contributed by atoms with van der Waals surface area (Å²) < 4.78 is 17.7. The molecule has 2 aliphatic carbocycles. The van der Waals surface area contributed by atoms with E-state index in [1.165, 1.54) is 11.1 Å². The van der Waals surface area contributed by atoms with Crippen molar-refractivity contribution < 1.29 is 24.1 Å². The highest BCUT2D eigenvalue weighted by molar-refractivity contribution is 5.75. The Balaban J connectivity index is 1.75. The van der Waals surface area contributed by atoms with Gasteiger partial charge in [0.1, 0.15) is 18.9 Å². The second-order valence-corrected chi connectivity index (χ2v) is 10.2. The van der Waals surface area contributed by atoms with Gasteiger partial charge in [-0.2, -0.15) is 0 Å². The molecule has 0 spiro atoms. The molecule has 0 unspecified atom stereocenters. The molecule has 0 aromatic heterocycles. The summed E-state index contributed by atoms with van der Waals surface area (Å²) in [5.41, 5.74) is 1.56. The van der Waals surface area contributed by atoms with Gasteiger partial charge in [0, 0.05) is 22.9 Å². The quantitative estimate of drug-likeness (QED) is 0.424. The maximum absolute atomic E-state index is 12.3. The van der Waals surface area contributed by atoms with Crippen LogP contribution in [0.15, 0.2) is 24.3 Å². The molecule has 0 radical (unpaired) electrons. The predicted molar refractivity (Wildman–Crippen MR) is 118 cm³/mol. The van der Waals surface area contributed by atoms with Crippen molar-refractivity contribution >= 4 is 5.97 Å². The first kappa shape index (κ1) is 22.2. The molecule has 1 heterocycles. The van der Waals surface area contributed by atoms with Crippen LogP contribution < -0.4 is 9.47 Å². The molecule has 0 bridgehead atoms. The zero-order valence-electron chi connectivity index (χ0n) is 19.5. The fraction of sp³-hybridized carbons (Fsp3) is 0.640. The normalized spacial score (nSPS) is 30.7. The summed E-state index contributed by atoms with van der Waals surface area (Å²) in [6.07, 6.45) is 5.71. The second kappa shape index (κ2) is 7.82. The van der Waals surface area contributed by atoms with Crippen LogP contribution in [0, 0.1) is 11.3 Å². The number of rotatable bonds is 6. The van der Waals surface area contributed by atoms with Gasteiger partial charge in [0.05, 0.1) is 12.5 Å². The monoisotopic (exact) mass is 429 g/mol. The number of carbonyl (C=O) groups is 1. The van der Waals surface area contributed by atoms with E-state index in [4.69, 9.17) is 14.2 Å². The summed E-state index contributed by atoms with van der Waals surface area (Å²) in [4.78, 5) is 14.5. The van der Waals surface area contributed by atoms with Crippen LogP contribution in [0.4, 0.5) is 0 Å². The van der Waals surface area contributed by atoms with Crippen molar-refractivity contribution in [1.29, 1.82) is 0 Å². The molecule has 1 aromatic carbocycles. The summed E-state index contributed by atoms with van der Waals surface area (Å²) in [7, 11) is 3.67. The van der Waals surface area contributed by atoms with Crippen molar-refractivity contribution in [2.24, 2.45) is 11.3 Å². The van der Waals surface area contributed by atoms with Crippen LogP contribution in [0.2, 0.25) is 0 Å². The Hall–Kier alpha value is -2.05. The van der Waals surface area contributed by atoms with Gasteiger partial charge < -0.3 is 19.3 Å². The van der Waals surface area contributed by atoms with E-state index in [9.17, 15) is 9.90 Å². The van der Waals surface area contributed by atoms with Crippen LogP contribution in [0.3, 0.4) is 0 Å². The SMILES string of the molecule is CCC[C@]12c3c4ccc(OC)c3O[C@H]1[C@@H](O)C=C[C@H]2[C@H](N(C)COC(=O)C(C)(C)C)C4. The van der Waals surface area contributed by atoms with Crippen LogP contribution in [0.1, 0.15) is 51.7 Å². The van der Waals surface area contributed by atoms with Crippen molar-refractivity contribution in [3.63, 3.8) is 0 Å². The highest BCUT2D eigenvalue weighted by Gasteiger charge is 2.62. The average molecular weight is 430 g/mol. The van der Waals surface area contributed by atoms with Gasteiger partial charge in [-0.25, -0.2) is 0 Å². The van der Waals surface area contributed by atoms with Crippen molar-refractivity contribution in [1.82, 2.24) is 4.90 Å². The van der Waals surface area contributed by atoms with Gasteiger partial charge in [-0.1, -0.05) is 31.6 Å². The smallest absolute Gasteiger partial charge is 0.312 e. The van der Waals surface area contributed by atoms with Crippen LogP contribution in [0.5, 0.6) is 11.5 Å². The largest absolute Gasteiger partial charge is 0.493 e. The Morgan fingerprint density at radius 1 is 1.32 bits per heavy atom. The molecular weight excluding hydrogens is 394 g/mol. The summed E-state index contributed by atoms with van der Waals surface area (Å²) >= 11 is 0. The van der Waals surface area contributed by atoms with Crippen LogP contribution in [-0.4, -0.2) is 55.1 Å². The fourth-order valence-corrected chi connectivity index (χ4v) is 5.75. The molecule has 4 rings (SSSR count). The van der Waals surface area contributed by atoms with E-state index < -0.39 is 11.5 Å². The maximum atomic E-state index is 12.3. The average Bonchev–Trinajstić information content (AvgIpc) is 3.07. The number of likely N-dealkylation sites (N-methyl/N-ethyl adjacent to an activating group) is 1. The van der Waals surface area contributed by atoms with Crippen LogP contribution in [-0.2, 0) is 21.4 Å². The third-order valence-electron chi connectivity index (χ3n) is 7.15. The molecule has 1 N–H and O–H groups in total. The summed E-state index contributed by atoms with van der Waals surface area (Å²) in [5.74, 6) is 1.44. The third kappa shape index (κ3) is 3.35. The number of nitrogens with zero attached hydrogens (tertiary/aromatic N) is 1. The predicted octanol–water partition coefficient (Wildman–Crippen LogP) is 3.44. The highest BCUT2D eigenvalue weighted by Crippen LogP contribution is 2.61. The lowest BCUT2D eigenvalue weighted by Crippen LogP contribution is -2.60. The van der Waals surface area contributed by atoms with Crippen molar-refractivity contribution in [2.45, 2.75) is 70.6 Å². The Kier molecular flexibility index (Phi) is 5.59. The first-order chi connectivity index (χ1) is 14.6. The van der Waals surface area contributed by atoms with Gasteiger partial charge in [-0.05, 0) is 52.3 Å². The number of methoxy groups -OCH3 is 1. The molecule has 1 aromatic rings. The van der Waals surface area contributed by atoms with Gasteiger partial charge in [0.2, 0.25) is 0 Å². The summed E-state index contributed by atoms with van der Waals surface area (Å²) in [6.45, 7) is 8.01. The third-order valence-corrected chi connectivity index (χ3v) is 7.15. The fourth-order valence-electron chi connectivity index (χ4n) is 5.75. The van der Waals surface area contributed by atoms with Gasteiger partial charge >= 0.3 is 5.97 Å². The lowest BCUT2D eigenvalue weighted by Gasteiger charge is -2.52. The molecular formula is C25H35NO5. The van der Waals surface area contributed by atoms with E-state index in [0.29, 0.717) is 0 Å². The number of hydrogen-bond acceptors (Lipinski definition) is 6. The molecule has 0 saturated carbocycles. The molecule has 0 saturated heterocycles. The highest BCUT2D eigenvalue weighted by atomic mass is 16.5. The van der Waals surface area contributed by atoms with Gasteiger partial charge in [0.15, 0.2) is 11.5 Å². The minimum atomic E-state index is -0.671. The van der Waals surface area contributed by atoms with E-state index in [1.54, 1.807) is 7.11 Å². The molecule has 31 heavy (non-hydrogen) atoms.